The molecular weight excluding hydrogens is 476 g/mol. The SMILES string of the molecule is O=C(N/N=C\c1ccc(OCc2ccccc2Cl)cc1)c1ccc(CSCc2ccccc2)cc1. The number of nitrogens with zero attached hydrogens (tertiary/aromatic N) is 1. The molecule has 0 bridgehead atoms. The van der Waals surface area contributed by atoms with E-state index in [9.17, 15) is 4.79 Å². The smallest absolute Gasteiger partial charge is 0.271 e. The zero-order chi connectivity index (χ0) is 24.3. The van der Waals surface area contributed by atoms with Gasteiger partial charge in [0.1, 0.15) is 12.4 Å². The number of nitrogens with one attached hydrogen (secondary N) is 1. The number of benzene rings is 4. The Kier molecular flexibility index (Phi) is 8.98. The topological polar surface area (TPSA) is 50.7 Å². The Balaban J connectivity index is 1.21. The molecule has 0 fully saturated rings. The van der Waals surface area contributed by atoms with Gasteiger partial charge in [-0.1, -0.05) is 72.3 Å². The first-order chi connectivity index (χ1) is 17.2. The summed E-state index contributed by atoms with van der Waals surface area (Å²) in [7, 11) is 0. The molecule has 0 aliphatic heterocycles. The van der Waals surface area contributed by atoms with Crippen LogP contribution in [0.15, 0.2) is 108 Å². The van der Waals surface area contributed by atoms with Gasteiger partial charge >= 0.3 is 0 Å². The van der Waals surface area contributed by atoms with Crippen molar-refractivity contribution in [1.29, 1.82) is 0 Å². The van der Waals surface area contributed by atoms with E-state index in [1.807, 2.05) is 90.6 Å². The van der Waals surface area contributed by atoms with Crippen LogP contribution in [0.1, 0.15) is 32.6 Å². The van der Waals surface area contributed by atoms with Crippen LogP contribution >= 0.6 is 23.4 Å². The first-order valence-electron chi connectivity index (χ1n) is 11.2. The van der Waals surface area contributed by atoms with E-state index < -0.39 is 0 Å². The number of hydrogen-bond acceptors (Lipinski definition) is 4. The van der Waals surface area contributed by atoms with Crippen LogP contribution in [-0.4, -0.2) is 12.1 Å². The van der Waals surface area contributed by atoms with Crippen LogP contribution in [0.5, 0.6) is 5.75 Å². The summed E-state index contributed by atoms with van der Waals surface area (Å²) < 4.78 is 5.78. The van der Waals surface area contributed by atoms with Gasteiger partial charge in [0.2, 0.25) is 0 Å². The van der Waals surface area contributed by atoms with Gasteiger partial charge in [0.05, 0.1) is 6.21 Å². The molecule has 0 saturated heterocycles. The quantitative estimate of drug-likeness (QED) is 0.186. The Morgan fingerprint density at radius 2 is 1.49 bits per heavy atom. The van der Waals surface area contributed by atoms with Gasteiger partial charge in [-0.15, -0.1) is 0 Å². The van der Waals surface area contributed by atoms with Crippen molar-refractivity contribution in [2.75, 3.05) is 0 Å². The lowest BCUT2D eigenvalue weighted by atomic mass is 10.1. The molecule has 0 aromatic heterocycles. The third-order valence-electron chi connectivity index (χ3n) is 5.21. The van der Waals surface area contributed by atoms with Crippen molar-refractivity contribution < 1.29 is 9.53 Å². The van der Waals surface area contributed by atoms with E-state index >= 15 is 0 Å². The molecule has 4 rings (SSSR count). The molecule has 0 aliphatic rings. The highest BCUT2D eigenvalue weighted by atomic mass is 35.5. The van der Waals surface area contributed by atoms with Gasteiger partial charge in [-0.05, 0) is 59.2 Å². The largest absolute Gasteiger partial charge is 0.489 e. The number of amides is 1. The summed E-state index contributed by atoms with van der Waals surface area (Å²) in [6, 6.07) is 33.1. The van der Waals surface area contributed by atoms with Crippen molar-refractivity contribution in [3.63, 3.8) is 0 Å². The van der Waals surface area contributed by atoms with Gasteiger partial charge < -0.3 is 4.74 Å². The van der Waals surface area contributed by atoms with E-state index in [-0.39, 0.29) is 5.91 Å². The van der Waals surface area contributed by atoms with E-state index in [2.05, 4.69) is 34.8 Å². The van der Waals surface area contributed by atoms with Gasteiger partial charge in [0, 0.05) is 27.7 Å². The molecule has 176 valence electrons. The molecule has 0 saturated carbocycles. The zero-order valence-corrected chi connectivity index (χ0v) is 20.6. The monoisotopic (exact) mass is 500 g/mol. The van der Waals surface area contributed by atoms with Crippen LogP contribution < -0.4 is 10.2 Å². The first-order valence-corrected chi connectivity index (χ1v) is 12.7. The predicted molar refractivity (Wildman–Crippen MR) is 145 cm³/mol. The molecule has 6 heteroatoms. The molecule has 4 aromatic carbocycles. The molecule has 35 heavy (non-hydrogen) atoms. The van der Waals surface area contributed by atoms with Crippen LogP contribution in [0, 0.1) is 0 Å². The maximum Gasteiger partial charge on any atom is 0.271 e. The number of hydrogen-bond donors (Lipinski definition) is 1. The highest BCUT2D eigenvalue weighted by molar-refractivity contribution is 7.97. The van der Waals surface area contributed by atoms with Crippen LogP contribution in [0.2, 0.25) is 5.02 Å². The van der Waals surface area contributed by atoms with Crippen molar-refractivity contribution in [3.05, 3.63) is 136 Å². The Morgan fingerprint density at radius 3 is 2.20 bits per heavy atom. The molecule has 1 amide bonds. The lowest BCUT2D eigenvalue weighted by molar-refractivity contribution is 0.0955. The highest BCUT2D eigenvalue weighted by Gasteiger charge is 2.05. The maximum atomic E-state index is 12.4. The Bertz CT molecular complexity index is 1260. The summed E-state index contributed by atoms with van der Waals surface area (Å²) >= 11 is 8.01. The lowest BCUT2D eigenvalue weighted by Gasteiger charge is -2.07. The van der Waals surface area contributed by atoms with Gasteiger partial charge in [-0.2, -0.15) is 16.9 Å². The van der Waals surface area contributed by atoms with Crippen molar-refractivity contribution >= 4 is 35.5 Å². The second-order valence-corrected chi connectivity index (χ2v) is 9.22. The number of thioether (sulfide) groups is 1. The van der Waals surface area contributed by atoms with E-state index in [0.717, 1.165) is 28.4 Å². The molecule has 4 nitrogen and oxygen atoms in total. The minimum atomic E-state index is -0.246. The summed E-state index contributed by atoms with van der Waals surface area (Å²) in [5.41, 5.74) is 7.42. The lowest BCUT2D eigenvalue weighted by Crippen LogP contribution is -2.17. The Hall–Kier alpha value is -3.54. The van der Waals surface area contributed by atoms with Gasteiger partial charge in [-0.25, -0.2) is 5.43 Å². The number of carbonyl (C=O) groups is 1. The molecule has 0 radical (unpaired) electrons. The minimum absolute atomic E-state index is 0.246. The van der Waals surface area contributed by atoms with Crippen LogP contribution in [0.25, 0.3) is 0 Å². The summed E-state index contributed by atoms with van der Waals surface area (Å²) in [5, 5.41) is 4.76. The number of ether oxygens (including phenoxy) is 1. The van der Waals surface area contributed by atoms with Crippen molar-refractivity contribution in [2.24, 2.45) is 5.10 Å². The molecule has 0 aliphatic carbocycles. The fraction of sp³-hybridized carbons (Fsp3) is 0.103. The third-order valence-corrected chi connectivity index (χ3v) is 6.65. The van der Waals surface area contributed by atoms with E-state index in [0.29, 0.717) is 17.2 Å². The maximum absolute atomic E-state index is 12.4. The Morgan fingerprint density at radius 1 is 0.829 bits per heavy atom. The van der Waals surface area contributed by atoms with E-state index in [1.165, 1.54) is 11.1 Å². The van der Waals surface area contributed by atoms with E-state index in [4.69, 9.17) is 16.3 Å². The second kappa shape index (κ2) is 12.8. The van der Waals surface area contributed by atoms with Crippen LogP contribution in [-0.2, 0) is 18.1 Å². The average molecular weight is 501 g/mol. The zero-order valence-electron chi connectivity index (χ0n) is 19.1. The summed E-state index contributed by atoms with van der Waals surface area (Å²) in [6.07, 6.45) is 1.60. The fourth-order valence-corrected chi connectivity index (χ4v) is 4.42. The van der Waals surface area contributed by atoms with Gasteiger partial charge in [-0.3, -0.25) is 4.79 Å². The number of rotatable bonds is 10. The Labute approximate surface area is 215 Å². The number of hydrazone groups is 1. The highest BCUT2D eigenvalue weighted by Crippen LogP contribution is 2.19. The van der Waals surface area contributed by atoms with E-state index in [1.54, 1.807) is 6.21 Å². The molecule has 0 heterocycles. The third kappa shape index (κ3) is 7.74. The average Bonchev–Trinajstić information content (AvgIpc) is 2.90. The molecular formula is C29H25ClN2O2S. The molecule has 0 spiro atoms. The number of halogens is 1. The normalized spacial score (nSPS) is 10.9. The fourth-order valence-electron chi connectivity index (χ4n) is 3.27. The summed E-state index contributed by atoms with van der Waals surface area (Å²) in [4.78, 5) is 12.4. The minimum Gasteiger partial charge on any atom is -0.489 e. The molecule has 0 unspecified atom stereocenters. The van der Waals surface area contributed by atoms with Crippen molar-refractivity contribution in [1.82, 2.24) is 5.43 Å². The van der Waals surface area contributed by atoms with Crippen molar-refractivity contribution in [2.45, 2.75) is 18.1 Å². The van der Waals surface area contributed by atoms with Crippen LogP contribution in [0.3, 0.4) is 0 Å². The standard InChI is InChI=1S/C29H25ClN2O2S/c30-28-9-5-4-8-26(28)19-34-27-16-12-22(13-17-27)18-31-32-29(33)25-14-10-24(11-15-25)21-35-20-23-6-2-1-3-7-23/h1-18H,19-21H2,(H,32,33)/b31-18-. The second-order valence-electron chi connectivity index (χ2n) is 7.82. The summed E-state index contributed by atoms with van der Waals surface area (Å²) in [6.45, 7) is 0.396. The summed E-state index contributed by atoms with van der Waals surface area (Å²) in [5.74, 6) is 2.34. The van der Waals surface area contributed by atoms with Crippen molar-refractivity contribution in [3.8, 4) is 5.75 Å². The van der Waals surface area contributed by atoms with Crippen LogP contribution in [0.4, 0.5) is 0 Å². The molecule has 1 N–H and O–H groups in total. The number of carbonyl (C=O) groups excluding carboxylic acids is 1. The molecule has 0 atom stereocenters. The van der Waals surface area contributed by atoms with Gasteiger partial charge in [0.25, 0.3) is 5.91 Å². The first kappa shape index (κ1) is 24.6. The predicted octanol–water partition coefficient (Wildman–Crippen LogP) is 7.12. The molecule has 4 aromatic rings. The van der Waals surface area contributed by atoms with Gasteiger partial charge in [0.15, 0.2) is 0 Å².